The van der Waals surface area contributed by atoms with Crippen molar-refractivity contribution in [1.29, 1.82) is 0 Å². The molecule has 0 bridgehead atoms. The average molecular weight is 256 g/mol. The van der Waals surface area contributed by atoms with Gasteiger partial charge in [0, 0.05) is 4.88 Å². The largest absolute Gasteiger partial charge is 0.461 e. The van der Waals surface area contributed by atoms with Gasteiger partial charge in [0.05, 0.1) is 6.61 Å². The third kappa shape index (κ3) is 3.19. The first-order valence-electron chi connectivity index (χ1n) is 5.70. The molecule has 0 saturated heterocycles. The standard InChI is InChI=1S/C12H20N2O2S/c1-6-16-10(15)8-9(17-11(13)14-8)7(2)12(3,4)5/h7H,6H2,1-5H3,(H2,13,14). The summed E-state index contributed by atoms with van der Waals surface area (Å²) in [5.74, 6) is -0.178. The lowest BCUT2D eigenvalue weighted by molar-refractivity contribution is 0.0518. The second kappa shape index (κ2) is 5.04. The van der Waals surface area contributed by atoms with E-state index in [1.807, 2.05) is 0 Å². The van der Waals surface area contributed by atoms with Crippen molar-refractivity contribution in [3.8, 4) is 0 Å². The summed E-state index contributed by atoms with van der Waals surface area (Å²) in [4.78, 5) is 16.8. The fourth-order valence-electron chi connectivity index (χ4n) is 1.38. The van der Waals surface area contributed by atoms with Crippen molar-refractivity contribution in [1.82, 2.24) is 4.98 Å². The molecule has 0 spiro atoms. The fraction of sp³-hybridized carbons (Fsp3) is 0.667. The highest BCUT2D eigenvalue weighted by atomic mass is 32.1. The van der Waals surface area contributed by atoms with Gasteiger partial charge in [-0.1, -0.05) is 27.7 Å². The summed E-state index contributed by atoms with van der Waals surface area (Å²) < 4.78 is 4.99. The molecule has 5 heteroatoms. The first-order chi connectivity index (χ1) is 7.77. The van der Waals surface area contributed by atoms with Gasteiger partial charge in [0.25, 0.3) is 0 Å². The van der Waals surface area contributed by atoms with Gasteiger partial charge < -0.3 is 10.5 Å². The van der Waals surface area contributed by atoms with Gasteiger partial charge in [-0.15, -0.1) is 11.3 Å². The Morgan fingerprint density at radius 3 is 2.59 bits per heavy atom. The van der Waals surface area contributed by atoms with Crippen LogP contribution in [0.4, 0.5) is 5.13 Å². The van der Waals surface area contributed by atoms with Gasteiger partial charge in [-0.3, -0.25) is 0 Å². The Hall–Kier alpha value is -1.10. The Morgan fingerprint density at radius 1 is 1.53 bits per heavy atom. The van der Waals surface area contributed by atoms with E-state index < -0.39 is 0 Å². The predicted molar refractivity (Wildman–Crippen MR) is 70.4 cm³/mol. The normalized spacial score (nSPS) is 13.5. The Balaban J connectivity index is 3.12. The molecule has 2 N–H and O–H groups in total. The van der Waals surface area contributed by atoms with E-state index in [2.05, 4.69) is 32.7 Å². The molecule has 0 aromatic carbocycles. The zero-order valence-corrected chi connectivity index (χ0v) is 11.9. The van der Waals surface area contributed by atoms with Gasteiger partial charge in [-0.25, -0.2) is 9.78 Å². The average Bonchev–Trinajstić information content (AvgIpc) is 2.58. The van der Waals surface area contributed by atoms with Gasteiger partial charge >= 0.3 is 5.97 Å². The molecular weight excluding hydrogens is 236 g/mol. The molecule has 17 heavy (non-hydrogen) atoms. The van der Waals surface area contributed by atoms with Crippen molar-refractivity contribution >= 4 is 22.4 Å². The van der Waals surface area contributed by atoms with Crippen LogP contribution >= 0.6 is 11.3 Å². The van der Waals surface area contributed by atoms with Crippen molar-refractivity contribution in [2.45, 2.75) is 40.5 Å². The van der Waals surface area contributed by atoms with Crippen LogP contribution in [0.15, 0.2) is 0 Å². The van der Waals surface area contributed by atoms with Crippen molar-refractivity contribution in [3.05, 3.63) is 10.6 Å². The second-order valence-corrected chi connectivity index (χ2v) is 6.14. The number of nitrogens with two attached hydrogens (primary N) is 1. The van der Waals surface area contributed by atoms with Crippen LogP contribution in [-0.2, 0) is 4.74 Å². The van der Waals surface area contributed by atoms with Crippen LogP contribution in [0.5, 0.6) is 0 Å². The molecular formula is C12H20N2O2S. The van der Waals surface area contributed by atoms with Crippen LogP contribution in [0.3, 0.4) is 0 Å². The summed E-state index contributed by atoms with van der Waals surface area (Å²) in [5, 5.41) is 0.416. The molecule has 1 rings (SSSR count). The minimum absolute atomic E-state index is 0.0558. The summed E-state index contributed by atoms with van der Waals surface area (Å²) >= 11 is 1.37. The second-order valence-electron chi connectivity index (χ2n) is 5.07. The molecule has 0 aliphatic carbocycles. The number of nitrogen functional groups attached to an aromatic ring is 1. The number of hydrogen-bond donors (Lipinski definition) is 1. The molecule has 0 amide bonds. The number of ether oxygens (including phenoxy) is 1. The van der Waals surface area contributed by atoms with Gasteiger partial charge in [-0.2, -0.15) is 0 Å². The maximum absolute atomic E-state index is 11.8. The van der Waals surface area contributed by atoms with E-state index in [4.69, 9.17) is 10.5 Å². The summed E-state index contributed by atoms with van der Waals surface area (Å²) in [6.07, 6.45) is 0. The van der Waals surface area contributed by atoms with Crippen LogP contribution in [-0.4, -0.2) is 17.6 Å². The zero-order chi connectivity index (χ0) is 13.2. The van der Waals surface area contributed by atoms with Crippen molar-refractivity contribution in [3.63, 3.8) is 0 Å². The first-order valence-corrected chi connectivity index (χ1v) is 6.52. The number of esters is 1. The third-order valence-electron chi connectivity index (χ3n) is 2.83. The van der Waals surface area contributed by atoms with Crippen LogP contribution in [0.25, 0.3) is 0 Å². The van der Waals surface area contributed by atoms with E-state index in [-0.39, 0.29) is 17.3 Å². The molecule has 0 aliphatic rings. The van der Waals surface area contributed by atoms with E-state index in [0.29, 0.717) is 17.4 Å². The Morgan fingerprint density at radius 2 is 2.12 bits per heavy atom. The minimum atomic E-state index is -0.383. The maximum Gasteiger partial charge on any atom is 0.358 e. The fourth-order valence-corrected chi connectivity index (χ4v) is 2.50. The van der Waals surface area contributed by atoms with Gasteiger partial charge in [0.2, 0.25) is 0 Å². The lowest BCUT2D eigenvalue weighted by Gasteiger charge is -2.26. The number of nitrogens with zero attached hydrogens (tertiary/aromatic N) is 1. The van der Waals surface area contributed by atoms with Crippen LogP contribution in [0, 0.1) is 5.41 Å². The summed E-state index contributed by atoms with van der Waals surface area (Å²) in [5.41, 5.74) is 6.12. The van der Waals surface area contributed by atoms with Crippen LogP contribution < -0.4 is 5.73 Å². The number of carbonyl (C=O) groups is 1. The number of thiazole rings is 1. The van der Waals surface area contributed by atoms with Crippen molar-refractivity contribution < 1.29 is 9.53 Å². The van der Waals surface area contributed by atoms with E-state index >= 15 is 0 Å². The molecule has 1 unspecified atom stereocenters. The Kier molecular flexibility index (Phi) is 4.14. The molecule has 0 aliphatic heterocycles. The van der Waals surface area contributed by atoms with E-state index in [1.54, 1.807) is 6.92 Å². The topological polar surface area (TPSA) is 65.2 Å². The summed E-state index contributed by atoms with van der Waals surface area (Å²) in [7, 11) is 0. The first kappa shape index (κ1) is 14.0. The lowest BCUT2D eigenvalue weighted by atomic mass is 9.81. The number of anilines is 1. The molecule has 0 radical (unpaired) electrons. The number of hydrogen-bond acceptors (Lipinski definition) is 5. The maximum atomic E-state index is 11.8. The zero-order valence-electron chi connectivity index (χ0n) is 11.0. The van der Waals surface area contributed by atoms with Crippen molar-refractivity contribution in [2.24, 2.45) is 5.41 Å². The van der Waals surface area contributed by atoms with Gasteiger partial charge in [0.1, 0.15) is 0 Å². The molecule has 0 fully saturated rings. The number of carbonyl (C=O) groups excluding carboxylic acids is 1. The number of rotatable bonds is 3. The Labute approximate surface area is 106 Å². The summed E-state index contributed by atoms with van der Waals surface area (Å²) in [6, 6.07) is 0. The van der Waals surface area contributed by atoms with E-state index in [9.17, 15) is 4.79 Å². The van der Waals surface area contributed by atoms with Crippen LogP contribution in [0.1, 0.15) is 55.9 Å². The van der Waals surface area contributed by atoms with Crippen LogP contribution in [0.2, 0.25) is 0 Å². The molecule has 1 heterocycles. The predicted octanol–water partition coefficient (Wildman–Crippen LogP) is 3.05. The molecule has 96 valence electrons. The quantitative estimate of drug-likeness (QED) is 0.844. The number of aromatic nitrogens is 1. The molecule has 1 aromatic rings. The highest BCUT2D eigenvalue weighted by Crippen LogP contribution is 2.39. The van der Waals surface area contributed by atoms with Crippen molar-refractivity contribution in [2.75, 3.05) is 12.3 Å². The molecule has 1 aromatic heterocycles. The Bertz CT molecular complexity index is 407. The lowest BCUT2D eigenvalue weighted by Crippen LogP contribution is -2.17. The van der Waals surface area contributed by atoms with E-state index in [0.717, 1.165) is 4.88 Å². The smallest absolute Gasteiger partial charge is 0.358 e. The highest BCUT2D eigenvalue weighted by molar-refractivity contribution is 7.15. The third-order valence-corrected chi connectivity index (χ3v) is 3.90. The van der Waals surface area contributed by atoms with Gasteiger partial charge in [-0.05, 0) is 18.3 Å². The monoisotopic (exact) mass is 256 g/mol. The SMILES string of the molecule is CCOC(=O)c1nc(N)sc1C(C)C(C)(C)C. The highest BCUT2D eigenvalue weighted by Gasteiger charge is 2.29. The molecule has 1 atom stereocenters. The van der Waals surface area contributed by atoms with E-state index in [1.165, 1.54) is 11.3 Å². The van der Waals surface area contributed by atoms with Gasteiger partial charge in [0.15, 0.2) is 10.8 Å². The molecule has 0 saturated carbocycles. The summed E-state index contributed by atoms with van der Waals surface area (Å²) in [6.45, 7) is 10.6. The molecule has 4 nitrogen and oxygen atoms in total. The minimum Gasteiger partial charge on any atom is -0.461 e.